The molecule has 1 aromatic heterocycles. The summed E-state index contributed by atoms with van der Waals surface area (Å²) in [4.78, 5) is 0. The van der Waals surface area contributed by atoms with Crippen molar-refractivity contribution in [1.82, 2.24) is 15.1 Å². The molecule has 0 amide bonds. The number of nitrogens with one attached hydrogen (secondary N) is 1. The number of hydrogen-bond acceptors (Lipinski definition) is 2. The molecule has 0 bridgehead atoms. The van der Waals surface area contributed by atoms with Gasteiger partial charge in [-0.1, -0.05) is 23.2 Å². The fourth-order valence-corrected chi connectivity index (χ4v) is 2.80. The Balaban J connectivity index is 2.38. The number of hydrogen-bond donors (Lipinski definition) is 1. The van der Waals surface area contributed by atoms with E-state index in [1.54, 1.807) is 19.2 Å². The van der Waals surface area contributed by atoms with Gasteiger partial charge in [0, 0.05) is 29.6 Å². The molecule has 0 aliphatic heterocycles. The van der Waals surface area contributed by atoms with Crippen molar-refractivity contribution in [1.29, 1.82) is 0 Å². The van der Waals surface area contributed by atoms with Gasteiger partial charge in [0.15, 0.2) is 0 Å². The Morgan fingerprint density at radius 1 is 1.38 bits per heavy atom. The lowest BCUT2D eigenvalue weighted by molar-refractivity contribution is 0.510. The lowest BCUT2D eigenvalue weighted by atomic mass is 10.0. The van der Waals surface area contributed by atoms with Gasteiger partial charge in [0.1, 0.15) is 5.82 Å². The average molecular weight is 330 g/mol. The first-order valence-electron chi connectivity index (χ1n) is 6.81. The molecule has 114 valence electrons. The molecule has 0 aliphatic carbocycles. The smallest absolute Gasteiger partial charge is 0.128 e. The fourth-order valence-electron chi connectivity index (χ4n) is 2.41. The van der Waals surface area contributed by atoms with E-state index in [1.807, 2.05) is 18.5 Å². The van der Waals surface area contributed by atoms with E-state index in [4.69, 9.17) is 23.2 Å². The van der Waals surface area contributed by atoms with Crippen molar-refractivity contribution in [2.24, 2.45) is 0 Å². The van der Waals surface area contributed by atoms with Crippen molar-refractivity contribution in [2.75, 3.05) is 7.05 Å². The van der Waals surface area contributed by atoms with Crippen molar-refractivity contribution in [3.63, 3.8) is 0 Å². The van der Waals surface area contributed by atoms with Crippen LogP contribution in [-0.2, 0) is 13.0 Å². The topological polar surface area (TPSA) is 29.9 Å². The van der Waals surface area contributed by atoms with E-state index in [0.29, 0.717) is 22.0 Å². The number of nitrogens with zero attached hydrogens (tertiary/aromatic N) is 2. The number of rotatable bonds is 5. The van der Waals surface area contributed by atoms with Gasteiger partial charge >= 0.3 is 0 Å². The molecule has 2 aromatic rings. The predicted octanol–water partition coefficient (Wildman–Crippen LogP) is 4.16. The minimum absolute atomic E-state index is 0.220. The van der Waals surface area contributed by atoms with Gasteiger partial charge in [-0.2, -0.15) is 5.10 Å². The normalized spacial score (nSPS) is 12.7. The number of aromatic nitrogens is 2. The third-order valence-electron chi connectivity index (χ3n) is 3.53. The van der Waals surface area contributed by atoms with E-state index in [0.717, 1.165) is 17.9 Å². The molecular weight excluding hydrogens is 312 g/mol. The van der Waals surface area contributed by atoms with Crippen LogP contribution in [0.5, 0.6) is 0 Å². The highest BCUT2D eigenvalue weighted by atomic mass is 35.5. The van der Waals surface area contributed by atoms with Crippen molar-refractivity contribution >= 4 is 23.2 Å². The van der Waals surface area contributed by atoms with E-state index < -0.39 is 0 Å². The van der Waals surface area contributed by atoms with Crippen LogP contribution < -0.4 is 5.32 Å². The zero-order valence-electron chi connectivity index (χ0n) is 12.3. The standard InChI is InChI=1S/C15H18Cl2FN3/c1-4-21-14(15(17)9(2)20-21)8-13(19-3)11-7-10(16)5-6-12(11)18/h5-7,13,19H,4,8H2,1-3H3. The summed E-state index contributed by atoms with van der Waals surface area (Å²) in [7, 11) is 1.79. The molecule has 1 unspecified atom stereocenters. The molecular formula is C15H18Cl2FN3. The summed E-state index contributed by atoms with van der Waals surface area (Å²) in [6.07, 6.45) is 0.543. The van der Waals surface area contributed by atoms with E-state index in [2.05, 4.69) is 10.4 Å². The Morgan fingerprint density at radius 2 is 2.10 bits per heavy atom. The average Bonchev–Trinajstić information content (AvgIpc) is 2.74. The molecule has 1 atom stereocenters. The Hall–Kier alpha value is -1.10. The summed E-state index contributed by atoms with van der Waals surface area (Å²) in [5, 5.41) is 8.66. The van der Waals surface area contributed by atoms with Crippen molar-refractivity contribution in [3.8, 4) is 0 Å². The van der Waals surface area contributed by atoms with Gasteiger partial charge in [0.05, 0.1) is 16.4 Å². The van der Waals surface area contributed by atoms with E-state index >= 15 is 0 Å². The van der Waals surface area contributed by atoms with Crippen LogP contribution in [0.15, 0.2) is 18.2 Å². The van der Waals surface area contributed by atoms with Gasteiger partial charge in [0.25, 0.3) is 0 Å². The van der Waals surface area contributed by atoms with Crippen LogP contribution in [0.25, 0.3) is 0 Å². The zero-order valence-corrected chi connectivity index (χ0v) is 13.8. The van der Waals surface area contributed by atoms with Gasteiger partial charge in [0.2, 0.25) is 0 Å². The highest BCUT2D eigenvalue weighted by Gasteiger charge is 2.20. The maximum atomic E-state index is 14.0. The fraction of sp³-hybridized carbons (Fsp3) is 0.400. The lowest BCUT2D eigenvalue weighted by Crippen LogP contribution is -2.22. The molecule has 1 N–H and O–H groups in total. The minimum Gasteiger partial charge on any atom is -0.313 e. The molecule has 0 spiro atoms. The van der Waals surface area contributed by atoms with E-state index in [9.17, 15) is 4.39 Å². The van der Waals surface area contributed by atoms with Crippen molar-refractivity contribution in [3.05, 3.63) is 51.0 Å². The quantitative estimate of drug-likeness (QED) is 0.892. The summed E-state index contributed by atoms with van der Waals surface area (Å²) in [5.74, 6) is -0.283. The van der Waals surface area contributed by atoms with Gasteiger partial charge in [-0.3, -0.25) is 4.68 Å². The largest absolute Gasteiger partial charge is 0.313 e. The molecule has 0 fully saturated rings. The first kappa shape index (κ1) is 16.3. The molecule has 0 saturated heterocycles. The van der Waals surface area contributed by atoms with E-state index in [1.165, 1.54) is 6.07 Å². The van der Waals surface area contributed by atoms with Crippen molar-refractivity contribution in [2.45, 2.75) is 32.9 Å². The molecule has 0 radical (unpaired) electrons. The summed E-state index contributed by atoms with van der Waals surface area (Å²) in [6, 6.07) is 4.35. The maximum Gasteiger partial charge on any atom is 0.128 e. The minimum atomic E-state index is -0.283. The molecule has 2 rings (SSSR count). The summed E-state index contributed by atoms with van der Waals surface area (Å²) < 4.78 is 15.9. The van der Waals surface area contributed by atoms with Gasteiger partial charge in [-0.15, -0.1) is 0 Å². The SMILES string of the molecule is CCn1nc(C)c(Cl)c1CC(NC)c1cc(Cl)ccc1F. The molecule has 1 heterocycles. The summed E-state index contributed by atoms with van der Waals surface area (Å²) >= 11 is 12.3. The Morgan fingerprint density at radius 3 is 2.71 bits per heavy atom. The Bertz CT molecular complexity index is 640. The van der Waals surface area contributed by atoms with Crippen LogP contribution in [0.2, 0.25) is 10.0 Å². The third-order valence-corrected chi connectivity index (χ3v) is 4.26. The number of halogens is 3. The van der Waals surface area contributed by atoms with Crippen LogP contribution in [0.4, 0.5) is 4.39 Å². The van der Waals surface area contributed by atoms with Gasteiger partial charge < -0.3 is 5.32 Å². The zero-order chi connectivity index (χ0) is 15.6. The first-order chi connectivity index (χ1) is 9.97. The van der Waals surface area contributed by atoms with Crippen LogP contribution in [0.1, 0.15) is 29.9 Å². The van der Waals surface area contributed by atoms with Crippen LogP contribution in [0, 0.1) is 12.7 Å². The van der Waals surface area contributed by atoms with Crippen LogP contribution in [0.3, 0.4) is 0 Å². The first-order valence-corrected chi connectivity index (χ1v) is 7.57. The lowest BCUT2D eigenvalue weighted by Gasteiger charge is -2.18. The molecule has 6 heteroatoms. The van der Waals surface area contributed by atoms with E-state index in [-0.39, 0.29) is 11.9 Å². The maximum absolute atomic E-state index is 14.0. The Labute approximate surface area is 134 Å². The predicted molar refractivity (Wildman–Crippen MR) is 84.6 cm³/mol. The number of likely N-dealkylation sites (N-methyl/N-ethyl adjacent to an activating group) is 1. The van der Waals surface area contributed by atoms with Gasteiger partial charge in [-0.05, 0) is 39.1 Å². The summed E-state index contributed by atoms with van der Waals surface area (Å²) in [5.41, 5.74) is 2.22. The second-order valence-electron chi connectivity index (χ2n) is 4.87. The molecule has 21 heavy (non-hydrogen) atoms. The molecule has 1 aromatic carbocycles. The third kappa shape index (κ3) is 3.39. The second kappa shape index (κ2) is 6.77. The second-order valence-corrected chi connectivity index (χ2v) is 5.69. The number of benzene rings is 1. The highest BCUT2D eigenvalue weighted by molar-refractivity contribution is 6.32. The molecule has 0 aliphatic rings. The van der Waals surface area contributed by atoms with Crippen LogP contribution >= 0.6 is 23.2 Å². The Kier molecular flexibility index (Phi) is 5.25. The summed E-state index contributed by atoms with van der Waals surface area (Å²) in [6.45, 7) is 4.59. The molecule has 3 nitrogen and oxygen atoms in total. The van der Waals surface area contributed by atoms with Crippen molar-refractivity contribution < 1.29 is 4.39 Å². The van der Waals surface area contributed by atoms with Crippen LogP contribution in [-0.4, -0.2) is 16.8 Å². The highest BCUT2D eigenvalue weighted by Crippen LogP contribution is 2.28. The monoisotopic (exact) mass is 329 g/mol. The molecule has 0 saturated carbocycles. The number of aryl methyl sites for hydroxylation is 2. The van der Waals surface area contributed by atoms with Gasteiger partial charge in [-0.25, -0.2) is 4.39 Å².